The Morgan fingerprint density at radius 1 is 1.15 bits per heavy atom. The maximum absolute atomic E-state index is 12.4. The van der Waals surface area contributed by atoms with E-state index in [0.29, 0.717) is 16.5 Å². The lowest BCUT2D eigenvalue weighted by atomic mass is 10.2. The lowest BCUT2D eigenvalue weighted by molar-refractivity contribution is -0.134. The summed E-state index contributed by atoms with van der Waals surface area (Å²) >= 11 is 3.35. The maximum atomic E-state index is 12.4. The van der Waals surface area contributed by atoms with Gasteiger partial charge in [-0.2, -0.15) is 5.10 Å². The van der Waals surface area contributed by atoms with Gasteiger partial charge in [-0.3, -0.25) is 14.4 Å². The molecule has 0 saturated carbocycles. The number of likely N-dealkylation sites (N-methyl/N-ethyl adjacent to an activating group) is 1. The van der Waals surface area contributed by atoms with Gasteiger partial charge in [0.25, 0.3) is 5.56 Å². The van der Waals surface area contributed by atoms with E-state index in [4.69, 9.17) is 0 Å². The summed E-state index contributed by atoms with van der Waals surface area (Å²) in [5.41, 5.74) is 0.281. The second kappa shape index (κ2) is 8.13. The zero-order chi connectivity index (χ0) is 19.4. The van der Waals surface area contributed by atoms with Crippen molar-refractivity contribution >= 4 is 44.2 Å². The highest BCUT2D eigenvalue weighted by Gasteiger charge is 2.16. The Morgan fingerprint density at radius 3 is 2.63 bits per heavy atom. The summed E-state index contributed by atoms with van der Waals surface area (Å²) in [6.07, 6.45) is 1.55. The molecule has 1 N–H and O–H groups in total. The van der Waals surface area contributed by atoms with E-state index in [2.05, 4.69) is 26.3 Å². The number of rotatable bonds is 5. The van der Waals surface area contributed by atoms with Crippen LogP contribution in [0.15, 0.2) is 64.0 Å². The molecule has 1 heterocycles. The van der Waals surface area contributed by atoms with Crippen LogP contribution in [0, 0.1) is 0 Å². The Kier molecular flexibility index (Phi) is 5.66. The van der Waals surface area contributed by atoms with Gasteiger partial charge in [0.1, 0.15) is 6.54 Å². The maximum Gasteiger partial charge on any atom is 0.275 e. The molecule has 1 aromatic heterocycles. The third-order valence-electron chi connectivity index (χ3n) is 4.00. The van der Waals surface area contributed by atoms with Gasteiger partial charge in [-0.25, -0.2) is 4.68 Å². The van der Waals surface area contributed by atoms with E-state index in [1.807, 2.05) is 18.2 Å². The van der Waals surface area contributed by atoms with E-state index in [9.17, 15) is 14.4 Å². The van der Waals surface area contributed by atoms with Gasteiger partial charge in [-0.05, 0) is 34.1 Å². The number of nitrogens with one attached hydrogen (secondary N) is 1. The van der Waals surface area contributed by atoms with Gasteiger partial charge in [0.15, 0.2) is 0 Å². The van der Waals surface area contributed by atoms with Crippen LogP contribution in [-0.2, 0) is 16.1 Å². The third kappa shape index (κ3) is 4.40. The second-order valence-corrected chi connectivity index (χ2v) is 6.83. The third-order valence-corrected chi connectivity index (χ3v) is 4.69. The average molecular weight is 429 g/mol. The van der Waals surface area contributed by atoms with Gasteiger partial charge in [0.2, 0.25) is 11.8 Å². The van der Waals surface area contributed by atoms with Crippen LogP contribution in [0.3, 0.4) is 0 Å². The van der Waals surface area contributed by atoms with Crippen LogP contribution < -0.4 is 10.9 Å². The molecule has 0 radical (unpaired) electrons. The van der Waals surface area contributed by atoms with Crippen LogP contribution >= 0.6 is 15.9 Å². The molecule has 2 amide bonds. The molecule has 0 aliphatic carbocycles. The Bertz CT molecular complexity index is 1060. The van der Waals surface area contributed by atoms with Crippen molar-refractivity contribution < 1.29 is 9.59 Å². The van der Waals surface area contributed by atoms with E-state index in [0.717, 1.165) is 9.15 Å². The van der Waals surface area contributed by atoms with Crippen molar-refractivity contribution in [1.29, 1.82) is 0 Å². The van der Waals surface area contributed by atoms with Gasteiger partial charge in [-0.1, -0.05) is 30.3 Å². The topological polar surface area (TPSA) is 84.3 Å². The van der Waals surface area contributed by atoms with E-state index in [-0.39, 0.29) is 30.5 Å². The molecule has 0 aliphatic rings. The van der Waals surface area contributed by atoms with E-state index in [1.165, 1.54) is 11.9 Å². The molecule has 2 aromatic carbocycles. The number of benzene rings is 2. The summed E-state index contributed by atoms with van der Waals surface area (Å²) in [5.74, 6) is -0.723. The number of hydrogen-bond acceptors (Lipinski definition) is 4. The highest BCUT2D eigenvalue weighted by Crippen LogP contribution is 2.20. The largest absolute Gasteiger partial charge is 0.335 e. The molecule has 0 unspecified atom stereocenters. The van der Waals surface area contributed by atoms with Crippen molar-refractivity contribution in [1.82, 2.24) is 14.7 Å². The number of halogens is 1. The van der Waals surface area contributed by atoms with Crippen LogP contribution in [-0.4, -0.2) is 40.1 Å². The van der Waals surface area contributed by atoms with Crippen LogP contribution in [0.25, 0.3) is 10.8 Å². The summed E-state index contributed by atoms with van der Waals surface area (Å²) < 4.78 is 1.85. The second-order valence-electron chi connectivity index (χ2n) is 5.97. The molecule has 0 atom stereocenters. The van der Waals surface area contributed by atoms with Gasteiger partial charge >= 0.3 is 0 Å². The zero-order valence-corrected chi connectivity index (χ0v) is 16.1. The van der Waals surface area contributed by atoms with E-state index in [1.54, 1.807) is 36.5 Å². The van der Waals surface area contributed by atoms with Crippen molar-refractivity contribution in [3.05, 3.63) is 69.6 Å². The monoisotopic (exact) mass is 428 g/mol. The van der Waals surface area contributed by atoms with Gasteiger partial charge in [0, 0.05) is 16.9 Å². The highest BCUT2D eigenvalue weighted by molar-refractivity contribution is 9.10. The molecular formula is C19H17BrN4O3. The number of para-hydroxylation sites is 1. The lowest BCUT2D eigenvalue weighted by Crippen LogP contribution is -2.39. The molecule has 0 saturated heterocycles. The van der Waals surface area contributed by atoms with Crippen LogP contribution in [0.2, 0.25) is 0 Å². The fourth-order valence-corrected chi connectivity index (χ4v) is 2.93. The standard InChI is InChI=1S/C19H17BrN4O3/c1-23(11-17(25)22-16-9-5-4-8-15(16)20)18(26)12-24-19(27)14-7-3-2-6-13(14)10-21-24/h2-10H,11-12H2,1H3,(H,22,25). The Morgan fingerprint density at radius 2 is 1.85 bits per heavy atom. The normalized spacial score (nSPS) is 10.6. The van der Waals surface area contributed by atoms with Crippen LogP contribution in [0.1, 0.15) is 0 Å². The average Bonchev–Trinajstić information content (AvgIpc) is 2.66. The van der Waals surface area contributed by atoms with Gasteiger partial charge in [-0.15, -0.1) is 0 Å². The van der Waals surface area contributed by atoms with Crippen LogP contribution in [0.4, 0.5) is 5.69 Å². The molecule has 0 bridgehead atoms. The Labute approximate surface area is 163 Å². The number of hydrogen-bond donors (Lipinski definition) is 1. The predicted molar refractivity (Wildman–Crippen MR) is 106 cm³/mol. The van der Waals surface area contributed by atoms with E-state index < -0.39 is 0 Å². The fourth-order valence-electron chi connectivity index (χ4n) is 2.55. The Hall–Kier alpha value is -3.00. The molecule has 27 heavy (non-hydrogen) atoms. The summed E-state index contributed by atoms with van der Waals surface area (Å²) in [7, 11) is 1.51. The van der Waals surface area contributed by atoms with Crippen molar-refractivity contribution in [2.45, 2.75) is 6.54 Å². The quantitative estimate of drug-likeness (QED) is 0.675. The fraction of sp³-hybridized carbons (Fsp3) is 0.158. The first-order chi connectivity index (χ1) is 13.0. The highest BCUT2D eigenvalue weighted by atomic mass is 79.9. The summed E-state index contributed by atoms with van der Waals surface area (Å²) in [4.78, 5) is 38.2. The first kappa shape index (κ1) is 18.8. The smallest absolute Gasteiger partial charge is 0.275 e. The summed E-state index contributed by atoms with van der Waals surface area (Å²) in [6, 6.07) is 14.2. The molecule has 0 fully saturated rings. The molecule has 3 rings (SSSR count). The number of aromatic nitrogens is 2. The minimum Gasteiger partial charge on any atom is -0.335 e. The van der Waals surface area contributed by atoms with E-state index >= 15 is 0 Å². The first-order valence-corrected chi connectivity index (χ1v) is 8.98. The number of amides is 2. The van der Waals surface area contributed by atoms with Crippen molar-refractivity contribution in [3.8, 4) is 0 Å². The SMILES string of the molecule is CN(CC(=O)Nc1ccccc1Br)C(=O)Cn1ncc2ccccc2c1=O. The molecule has 0 aliphatic heterocycles. The molecule has 138 valence electrons. The van der Waals surface area contributed by atoms with Gasteiger partial charge < -0.3 is 10.2 Å². The minimum absolute atomic E-state index is 0.136. The number of carbonyl (C=O) groups excluding carboxylic acids is 2. The van der Waals surface area contributed by atoms with Crippen LogP contribution in [0.5, 0.6) is 0 Å². The molecule has 8 heteroatoms. The van der Waals surface area contributed by atoms with Gasteiger partial charge in [0.05, 0.1) is 23.8 Å². The van der Waals surface area contributed by atoms with Crippen molar-refractivity contribution in [2.75, 3.05) is 18.9 Å². The number of carbonyl (C=O) groups is 2. The summed E-state index contributed by atoms with van der Waals surface area (Å²) in [5, 5.41) is 7.98. The zero-order valence-electron chi connectivity index (χ0n) is 14.6. The lowest BCUT2D eigenvalue weighted by Gasteiger charge is -2.17. The number of fused-ring (bicyclic) bond motifs is 1. The first-order valence-electron chi connectivity index (χ1n) is 8.19. The molecule has 3 aromatic rings. The number of nitrogens with zero attached hydrogens (tertiary/aromatic N) is 3. The molecule has 7 nitrogen and oxygen atoms in total. The van der Waals surface area contributed by atoms with Crippen molar-refractivity contribution in [3.63, 3.8) is 0 Å². The minimum atomic E-state index is -0.387. The predicted octanol–water partition coefficient (Wildman–Crippen LogP) is 2.26. The van der Waals surface area contributed by atoms with Crippen molar-refractivity contribution in [2.24, 2.45) is 0 Å². The Balaban J connectivity index is 1.66. The molecule has 0 spiro atoms. The summed E-state index contributed by atoms with van der Waals surface area (Å²) in [6.45, 7) is -0.370. The number of anilines is 1. The molecular weight excluding hydrogens is 412 g/mol.